The number of methoxy groups -OCH3 is 2. The summed E-state index contributed by atoms with van der Waals surface area (Å²) in [5, 5.41) is 15.4. The first-order valence-corrected chi connectivity index (χ1v) is 12.3. The minimum atomic E-state index is -0.566. The van der Waals surface area contributed by atoms with E-state index in [0.29, 0.717) is 43.4 Å². The number of ether oxygens (including phenoxy) is 2. The third kappa shape index (κ3) is 5.08. The summed E-state index contributed by atoms with van der Waals surface area (Å²) >= 11 is 1.65. The maximum atomic E-state index is 13.5. The Kier molecular flexibility index (Phi) is 7.21. The molecule has 0 aliphatic rings. The van der Waals surface area contributed by atoms with E-state index < -0.39 is 6.04 Å². The van der Waals surface area contributed by atoms with E-state index >= 15 is 0 Å². The minimum Gasteiger partial charge on any atom is -0.497 e. The lowest BCUT2D eigenvalue weighted by atomic mass is 10.0. The molecular formula is C25H26N6O4S. The zero-order chi connectivity index (χ0) is 24.9. The Balaban J connectivity index is 1.68. The van der Waals surface area contributed by atoms with Gasteiger partial charge in [0.1, 0.15) is 17.6 Å². The van der Waals surface area contributed by atoms with E-state index in [1.54, 1.807) is 36.5 Å². The third-order valence-electron chi connectivity index (χ3n) is 5.93. The number of H-pyrrole nitrogens is 1. The van der Waals surface area contributed by atoms with Crippen molar-refractivity contribution in [2.45, 2.75) is 25.7 Å². The summed E-state index contributed by atoms with van der Waals surface area (Å²) < 4.78 is 18.1. The molecule has 0 saturated carbocycles. The summed E-state index contributed by atoms with van der Waals surface area (Å²) in [4.78, 5) is 19.8. The van der Waals surface area contributed by atoms with Gasteiger partial charge in [0, 0.05) is 35.0 Å². The van der Waals surface area contributed by atoms with Gasteiger partial charge in [0.2, 0.25) is 0 Å². The molecule has 0 bridgehead atoms. The normalized spacial score (nSPS) is 12.4. The molecular weight excluding hydrogens is 480 g/mol. The molecule has 4 aromatic heterocycles. The second-order valence-corrected chi connectivity index (χ2v) is 9.26. The van der Waals surface area contributed by atoms with E-state index in [1.807, 2.05) is 47.8 Å². The van der Waals surface area contributed by atoms with Crippen molar-refractivity contribution >= 4 is 22.2 Å². The number of pyridine rings is 1. The molecule has 0 spiro atoms. The lowest BCUT2D eigenvalue weighted by Crippen LogP contribution is -2.34. The number of aromatic nitrogens is 5. The molecule has 0 fully saturated rings. The van der Waals surface area contributed by atoms with E-state index in [9.17, 15) is 4.79 Å². The van der Waals surface area contributed by atoms with Crippen LogP contribution in [0, 0.1) is 0 Å². The fourth-order valence-electron chi connectivity index (χ4n) is 4.22. The number of benzene rings is 1. The highest BCUT2D eigenvalue weighted by Crippen LogP contribution is 2.31. The number of furan rings is 1. The van der Waals surface area contributed by atoms with Gasteiger partial charge in [-0.2, -0.15) is 0 Å². The number of hydrogen-bond acceptors (Lipinski definition) is 9. The highest BCUT2D eigenvalue weighted by atomic mass is 32.1. The van der Waals surface area contributed by atoms with Gasteiger partial charge in [-0.3, -0.25) is 9.69 Å². The first-order valence-electron chi connectivity index (χ1n) is 11.4. The molecule has 5 rings (SSSR count). The van der Waals surface area contributed by atoms with Gasteiger partial charge in [0.25, 0.3) is 5.56 Å². The van der Waals surface area contributed by atoms with E-state index in [2.05, 4.69) is 31.5 Å². The van der Waals surface area contributed by atoms with Crippen molar-refractivity contribution in [1.29, 1.82) is 0 Å². The lowest BCUT2D eigenvalue weighted by molar-refractivity contribution is 0.164. The van der Waals surface area contributed by atoms with E-state index in [0.717, 1.165) is 21.5 Å². The minimum absolute atomic E-state index is 0.213. The zero-order valence-corrected chi connectivity index (χ0v) is 20.8. The van der Waals surface area contributed by atoms with E-state index in [4.69, 9.17) is 13.9 Å². The van der Waals surface area contributed by atoms with Gasteiger partial charge in [-0.05, 0) is 58.3 Å². The van der Waals surface area contributed by atoms with Crippen LogP contribution >= 0.6 is 11.3 Å². The highest BCUT2D eigenvalue weighted by molar-refractivity contribution is 7.09. The van der Waals surface area contributed by atoms with E-state index in [-0.39, 0.29) is 5.56 Å². The first-order chi connectivity index (χ1) is 17.7. The molecule has 0 amide bonds. The molecule has 1 unspecified atom stereocenters. The van der Waals surface area contributed by atoms with Crippen molar-refractivity contribution in [3.05, 3.63) is 92.6 Å². The fourth-order valence-corrected chi connectivity index (χ4v) is 4.95. The second kappa shape index (κ2) is 10.9. The molecule has 1 aromatic carbocycles. The van der Waals surface area contributed by atoms with Gasteiger partial charge in [-0.15, -0.1) is 16.4 Å². The topological polar surface area (TPSA) is 111 Å². The van der Waals surface area contributed by atoms with Gasteiger partial charge in [-0.25, -0.2) is 4.68 Å². The van der Waals surface area contributed by atoms with Crippen LogP contribution in [0.2, 0.25) is 0 Å². The number of thiophene rings is 1. The average molecular weight is 507 g/mol. The predicted octanol–water partition coefficient (Wildman–Crippen LogP) is 3.62. The van der Waals surface area contributed by atoms with Crippen molar-refractivity contribution in [2.24, 2.45) is 0 Å². The lowest BCUT2D eigenvalue weighted by Gasteiger charge is -2.30. The summed E-state index contributed by atoms with van der Waals surface area (Å²) in [6, 6.07) is 14.7. The highest BCUT2D eigenvalue weighted by Gasteiger charge is 2.31. The van der Waals surface area contributed by atoms with Crippen molar-refractivity contribution < 1.29 is 13.9 Å². The van der Waals surface area contributed by atoms with E-state index in [1.165, 1.54) is 0 Å². The Morgan fingerprint density at radius 3 is 2.83 bits per heavy atom. The molecule has 0 aliphatic carbocycles. The molecule has 0 saturated heterocycles. The summed E-state index contributed by atoms with van der Waals surface area (Å²) in [6.07, 6.45) is 1.64. The van der Waals surface area contributed by atoms with Crippen molar-refractivity contribution in [3.63, 3.8) is 0 Å². The van der Waals surface area contributed by atoms with Crippen molar-refractivity contribution in [3.8, 4) is 5.75 Å². The summed E-state index contributed by atoms with van der Waals surface area (Å²) in [5.74, 6) is 2.02. The zero-order valence-electron chi connectivity index (χ0n) is 20.0. The Bertz CT molecular complexity index is 1430. The van der Waals surface area contributed by atoms with Crippen molar-refractivity contribution in [2.75, 3.05) is 20.8 Å². The number of nitrogens with one attached hydrogen (secondary N) is 1. The standard InChI is InChI=1S/C25H26N6O4S/c1-33-11-9-31-24(27-28-29-31)23(21-14-17-13-18(34-2)7-8-22(17)26-25(21)32)30(15-19-5-3-10-35-19)16-20-6-4-12-36-20/h3-8,10,12-14,23H,9,11,15-16H2,1-2H3,(H,26,32). The summed E-state index contributed by atoms with van der Waals surface area (Å²) in [6.45, 7) is 1.89. The molecule has 1 atom stereocenters. The summed E-state index contributed by atoms with van der Waals surface area (Å²) in [5.41, 5.74) is 1.03. The monoisotopic (exact) mass is 506 g/mol. The average Bonchev–Trinajstić information content (AvgIpc) is 3.67. The Morgan fingerprint density at radius 1 is 1.17 bits per heavy atom. The third-order valence-corrected chi connectivity index (χ3v) is 6.79. The summed E-state index contributed by atoms with van der Waals surface area (Å²) in [7, 11) is 3.25. The van der Waals surface area contributed by atoms with Gasteiger partial charge in [0.05, 0.1) is 33.1 Å². The molecule has 0 radical (unpaired) electrons. The maximum absolute atomic E-state index is 13.5. The molecule has 11 heteroatoms. The number of tetrazole rings is 1. The van der Waals surface area contributed by atoms with Crippen LogP contribution < -0.4 is 10.3 Å². The number of aromatic amines is 1. The maximum Gasteiger partial charge on any atom is 0.253 e. The number of hydrogen-bond donors (Lipinski definition) is 1. The van der Waals surface area contributed by atoms with Gasteiger partial charge in [-0.1, -0.05) is 6.07 Å². The Hall–Kier alpha value is -3.80. The van der Waals surface area contributed by atoms with Crippen LogP contribution in [0.25, 0.3) is 10.9 Å². The van der Waals surface area contributed by atoms with Crippen LogP contribution in [0.3, 0.4) is 0 Å². The fraction of sp³-hybridized carbons (Fsp3) is 0.280. The van der Waals surface area contributed by atoms with Crippen LogP contribution in [-0.2, 0) is 24.4 Å². The number of fused-ring (bicyclic) bond motifs is 1. The molecule has 0 aliphatic heterocycles. The van der Waals surface area contributed by atoms with Gasteiger partial charge in [0.15, 0.2) is 5.82 Å². The molecule has 1 N–H and O–H groups in total. The van der Waals surface area contributed by atoms with Gasteiger partial charge < -0.3 is 18.9 Å². The molecule has 4 heterocycles. The van der Waals surface area contributed by atoms with Crippen molar-refractivity contribution in [1.82, 2.24) is 30.1 Å². The molecule has 5 aromatic rings. The molecule has 186 valence electrons. The number of nitrogens with zero attached hydrogens (tertiary/aromatic N) is 5. The van der Waals surface area contributed by atoms with Crippen LogP contribution in [0.4, 0.5) is 0 Å². The molecule has 10 nitrogen and oxygen atoms in total. The van der Waals surface area contributed by atoms with Crippen LogP contribution in [-0.4, -0.2) is 50.9 Å². The second-order valence-electron chi connectivity index (χ2n) is 8.23. The Morgan fingerprint density at radius 2 is 2.08 bits per heavy atom. The SMILES string of the molecule is COCCn1nnnc1C(c1cc2cc(OC)ccc2[nH]c1=O)N(Cc1ccco1)Cc1cccs1. The van der Waals surface area contributed by atoms with Crippen LogP contribution in [0.15, 0.2) is 69.4 Å². The number of rotatable bonds is 11. The quantitative estimate of drug-likeness (QED) is 0.289. The largest absolute Gasteiger partial charge is 0.497 e. The first kappa shape index (κ1) is 23.9. The van der Waals surface area contributed by atoms with Crippen LogP contribution in [0.1, 0.15) is 28.1 Å². The Labute approximate surface area is 211 Å². The van der Waals surface area contributed by atoms with Gasteiger partial charge >= 0.3 is 0 Å². The smallest absolute Gasteiger partial charge is 0.253 e. The van der Waals surface area contributed by atoms with Crippen LogP contribution in [0.5, 0.6) is 5.75 Å². The predicted molar refractivity (Wildman–Crippen MR) is 135 cm³/mol. The molecule has 36 heavy (non-hydrogen) atoms.